The molecule has 0 unspecified atom stereocenters. The Morgan fingerprint density at radius 1 is 1.37 bits per heavy atom. The minimum absolute atomic E-state index is 0.224. The van der Waals surface area contributed by atoms with Crippen molar-refractivity contribution < 1.29 is 5.11 Å². The zero-order valence-electron chi connectivity index (χ0n) is 10.5. The third-order valence-electron chi connectivity index (χ3n) is 2.52. The Balaban J connectivity index is 2.12. The summed E-state index contributed by atoms with van der Waals surface area (Å²) in [6, 6.07) is 9.69. The van der Waals surface area contributed by atoms with Gasteiger partial charge in [0.05, 0.1) is 10.6 Å². The third-order valence-corrected chi connectivity index (χ3v) is 3.93. The Labute approximate surface area is 121 Å². The molecule has 0 aliphatic heterocycles. The van der Waals surface area contributed by atoms with Gasteiger partial charge in [-0.25, -0.2) is 0 Å². The molecule has 0 bridgehead atoms. The van der Waals surface area contributed by atoms with E-state index in [4.69, 9.17) is 12.2 Å². The van der Waals surface area contributed by atoms with Crippen LogP contribution >= 0.6 is 23.6 Å². The van der Waals surface area contributed by atoms with Crippen LogP contribution in [0.15, 0.2) is 41.4 Å². The van der Waals surface area contributed by atoms with Crippen molar-refractivity contribution in [3.63, 3.8) is 0 Å². The van der Waals surface area contributed by atoms with E-state index < -0.39 is 0 Å². The molecule has 0 radical (unpaired) electrons. The number of para-hydroxylation sites is 1. The van der Waals surface area contributed by atoms with Gasteiger partial charge in [0.2, 0.25) is 5.88 Å². The van der Waals surface area contributed by atoms with Crippen molar-refractivity contribution in [1.82, 2.24) is 4.57 Å². The molecule has 0 amide bonds. The second-order valence-corrected chi connectivity index (χ2v) is 5.45. The number of benzene rings is 1. The quantitative estimate of drug-likeness (QED) is 0.668. The topological polar surface area (TPSA) is 37.5 Å². The van der Waals surface area contributed by atoms with Gasteiger partial charge in [-0.05, 0) is 43.4 Å². The number of nitrogens with zero attached hydrogens (tertiary/aromatic N) is 2. The van der Waals surface area contributed by atoms with E-state index >= 15 is 0 Å². The standard InChI is InChI=1S/C14H14N2OS2/c1-2-16-13(17)12(19-14(16)18)9-6-10-15-11-7-4-3-5-8-11/h3-10,17H,2H2,1H3. The summed E-state index contributed by atoms with van der Waals surface area (Å²) in [7, 11) is 0. The second-order valence-electron chi connectivity index (χ2n) is 3.77. The van der Waals surface area contributed by atoms with Crippen molar-refractivity contribution in [1.29, 1.82) is 0 Å². The number of hydrogen-bond donors (Lipinski definition) is 1. The molecule has 1 N–H and O–H groups in total. The zero-order chi connectivity index (χ0) is 13.7. The highest BCUT2D eigenvalue weighted by Crippen LogP contribution is 2.26. The number of hydrogen-bond acceptors (Lipinski definition) is 4. The molecule has 2 aromatic rings. The molecule has 0 saturated heterocycles. The largest absolute Gasteiger partial charge is 0.493 e. The van der Waals surface area contributed by atoms with Crippen LogP contribution in [0, 0.1) is 3.95 Å². The van der Waals surface area contributed by atoms with Crippen LogP contribution in [0.3, 0.4) is 0 Å². The number of thiazole rings is 1. The first kappa shape index (κ1) is 13.7. The first-order chi connectivity index (χ1) is 9.22. The van der Waals surface area contributed by atoms with Gasteiger partial charge in [-0.2, -0.15) is 0 Å². The fourth-order valence-electron chi connectivity index (χ4n) is 1.58. The fraction of sp³-hybridized carbons (Fsp3) is 0.143. The van der Waals surface area contributed by atoms with Crippen LogP contribution in [-0.4, -0.2) is 15.9 Å². The summed E-state index contributed by atoms with van der Waals surface area (Å²) < 4.78 is 2.38. The Bertz CT molecular complexity index is 654. The second kappa shape index (κ2) is 6.45. The molecule has 3 nitrogen and oxygen atoms in total. The number of aromatic hydroxyl groups is 1. The summed E-state index contributed by atoms with van der Waals surface area (Å²) in [6.07, 6.45) is 5.32. The smallest absolute Gasteiger partial charge is 0.210 e. The van der Waals surface area contributed by atoms with E-state index in [2.05, 4.69) is 4.99 Å². The lowest BCUT2D eigenvalue weighted by Gasteiger charge is -1.97. The molecule has 0 aliphatic carbocycles. The average Bonchev–Trinajstić information content (AvgIpc) is 2.70. The maximum atomic E-state index is 9.94. The monoisotopic (exact) mass is 290 g/mol. The van der Waals surface area contributed by atoms with Crippen LogP contribution in [0.2, 0.25) is 0 Å². The van der Waals surface area contributed by atoms with Crippen LogP contribution < -0.4 is 0 Å². The molecule has 0 aliphatic rings. The number of aromatic nitrogens is 1. The molecule has 98 valence electrons. The molecule has 0 spiro atoms. The van der Waals surface area contributed by atoms with Crippen molar-refractivity contribution in [2.75, 3.05) is 0 Å². The molecule has 5 heteroatoms. The van der Waals surface area contributed by atoms with Gasteiger partial charge in [-0.15, -0.1) is 11.3 Å². The van der Waals surface area contributed by atoms with Crippen LogP contribution in [0.4, 0.5) is 5.69 Å². The maximum Gasteiger partial charge on any atom is 0.210 e. The number of allylic oxidation sites excluding steroid dienone is 1. The Morgan fingerprint density at radius 2 is 2.11 bits per heavy atom. The summed E-state index contributed by atoms with van der Waals surface area (Å²) >= 11 is 6.56. The van der Waals surface area contributed by atoms with E-state index in [9.17, 15) is 5.11 Å². The van der Waals surface area contributed by atoms with E-state index in [-0.39, 0.29) is 5.88 Å². The normalized spacial score (nSPS) is 11.6. The van der Waals surface area contributed by atoms with Gasteiger partial charge in [-0.3, -0.25) is 9.56 Å². The summed E-state index contributed by atoms with van der Waals surface area (Å²) in [5.41, 5.74) is 0.898. The molecular formula is C14H14N2OS2. The van der Waals surface area contributed by atoms with Crippen molar-refractivity contribution >= 4 is 41.5 Å². The molecule has 0 atom stereocenters. The molecule has 2 rings (SSSR count). The summed E-state index contributed by atoms with van der Waals surface area (Å²) in [5.74, 6) is 0.224. The van der Waals surface area contributed by atoms with Gasteiger partial charge >= 0.3 is 0 Å². The SMILES string of the molecule is CCn1c(O)c(C=CC=Nc2ccccc2)sc1=S. The molecule has 0 saturated carbocycles. The third kappa shape index (κ3) is 3.39. The molecule has 1 heterocycles. The highest BCUT2D eigenvalue weighted by molar-refractivity contribution is 7.73. The van der Waals surface area contributed by atoms with E-state index in [1.54, 1.807) is 16.9 Å². The lowest BCUT2D eigenvalue weighted by Crippen LogP contribution is -1.91. The maximum absolute atomic E-state index is 9.94. The van der Waals surface area contributed by atoms with Gasteiger partial charge in [0.15, 0.2) is 3.95 Å². The lowest BCUT2D eigenvalue weighted by molar-refractivity contribution is 0.419. The van der Waals surface area contributed by atoms with Crippen molar-refractivity contribution in [3.8, 4) is 5.88 Å². The van der Waals surface area contributed by atoms with Crippen molar-refractivity contribution in [2.24, 2.45) is 4.99 Å². The van der Waals surface area contributed by atoms with E-state index in [1.807, 2.05) is 43.3 Å². The molecule has 1 aromatic heterocycles. The Kier molecular flexibility index (Phi) is 4.65. The molecule has 19 heavy (non-hydrogen) atoms. The van der Waals surface area contributed by atoms with Crippen molar-refractivity contribution in [2.45, 2.75) is 13.5 Å². The van der Waals surface area contributed by atoms with Crippen LogP contribution in [0.1, 0.15) is 11.8 Å². The highest BCUT2D eigenvalue weighted by atomic mass is 32.1. The van der Waals surface area contributed by atoms with Gasteiger partial charge in [-0.1, -0.05) is 18.2 Å². The van der Waals surface area contributed by atoms with Crippen molar-refractivity contribution in [3.05, 3.63) is 45.2 Å². The summed E-state index contributed by atoms with van der Waals surface area (Å²) in [4.78, 5) is 5.03. The Hall–Kier alpha value is -1.72. The van der Waals surface area contributed by atoms with E-state index in [0.29, 0.717) is 10.5 Å². The molecular weight excluding hydrogens is 276 g/mol. The lowest BCUT2D eigenvalue weighted by atomic mass is 10.3. The van der Waals surface area contributed by atoms with Crippen LogP contribution in [-0.2, 0) is 6.54 Å². The van der Waals surface area contributed by atoms with Crippen LogP contribution in [0.25, 0.3) is 6.08 Å². The predicted octanol–water partition coefficient (Wildman–Crippen LogP) is 4.42. The van der Waals surface area contributed by atoms with Gasteiger partial charge in [0.25, 0.3) is 0 Å². The predicted molar refractivity (Wildman–Crippen MR) is 84.1 cm³/mol. The highest BCUT2D eigenvalue weighted by Gasteiger charge is 2.06. The summed E-state index contributed by atoms with van der Waals surface area (Å²) in [6.45, 7) is 2.62. The number of rotatable bonds is 4. The van der Waals surface area contributed by atoms with E-state index in [0.717, 1.165) is 10.6 Å². The minimum Gasteiger partial charge on any atom is -0.493 e. The molecule has 1 aromatic carbocycles. The fourth-order valence-corrected chi connectivity index (χ4v) is 2.92. The van der Waals surface area contributed by atoms with Crippen LogP contribution in [0.5, 0.6) is 5.88 Å². The van der Waals surface area contributed by atoms with E-state index in [1.165, 1.54) is 11.3 Å². The average molecular weight is 290 g/mol. The first-order valence-electron chi connectivity index (χ1n) is 5.90. The minimum atomic E-state index is 0.224. The van der Waals surface area contributed by atoms with Gasteiger partial charge in [0.1, 0.15) is 0 Å². The Morgan fingerprint density at radius 3 is 2.74 bits per heavy atom. The first-order valence-corrected chi connectivity index (χ1v) is 7.13. The number of aliphatic imine (C=N–C) groups is 1. The zero-order valence-corrected chi connectivity index (χ0v) is 12.1. The summed E-state index contributed by atoms with van der Waals surface area (Å²) in [5, 5.41) is 9.94. The molecule has 0 fully saturated rings. The van der Waals surface area contributed by atoms with Gasteiger partial charge < -0.3 is 5.11 Å². The van der Waals surface area contributed by atoms with Gasteiger partial charge in [0, 0.05) is 12.8 Å².